The highest BCUT2D eigenvalue weighted by Crippen LogP contribution is 2.15. The fraction of sp³-hybridized carbons (Fsp3) is 0.583. The largest absolute Gasteiger partial charge is 0.458 e. The molecule has 2 rings (SSSR count). The topological polar surface area (TPSA) is 55.3 Å². The summed E-state index contributed by atoms with van der Waals surface area (Å²) >= 11 is 0. The molecule has 1 aromatic rings. The van der Waals surface area contributed by atoms with Crippen molar-refractivity contribution in [3.8, 4) is 6.01 Å². The Labute approximate surface area is 105 Å². The Hall–Kier alpha value is -1.72. The summed E-state index contributed by atoms with van der Waals surface area (Å²) in [4.78, 5) is 20.9. The third kappa shape index (κ3) is 3.15. The molecule has 2 heterocycles. The van der Waals surface area contributed by atoms with Crippen molar-refractivity contribution in [3.05, 3.63) is 18.2 Å². The van der Waals surface area contributed by atoms with Crippen LogP contribution in [0, 0.1) is 5.82 Å². The first-order valence-electron chi connectivity index (χ1n) is 6.11. The molecule has 6 heteroatoms. The number of nitrogens with zero attached hydrogens (tertiary/aromatic N) is 3. The SMILES string of the molecule is CCC(=O)N1CCCC(Oc2ncc(F)cn2)C1. The van der Waals surface area contributed by atoms with Crippen LogP contribution in [0.3, 0.4) is 0 Å². The summed E-state index contributed by atoms with van der Waals surface area (Å²) in [5, 5.41) is 0. The van der Waals surface area contributed by atoms with E-state index in [1.165, 1.54) is 0 Å². The number of aromatic nitrogens is 2. The molecule has 0 radical (unpaired) electrons. The smallest absolute Gasteiger partial charge is 0.316 e. The standard InChI is InChI=1S/C12H16FN3O2/c1-2-11(17)16-5-3-4-10(8-16)18-12-14-6-9(13)7-15-12/h6-7,10H,2-5,8H2,1H3. The number of rotatable bonds is 3. The van der Waals surface area contributed by atoms with Gasteiger partial charge in [0.1, 0.15) is 6.10 Å². The van der Waals surface area contributed by atoms with Gasteiger partial charge < -0.3 is 9.64 Å². The molecule has 1 aromatic heterocycles. The minimum Gasteiger partial charge on any atom is -0.458 e. The summed E-state index contributed by atoms with van der Waals surface area (Å²) in [7, 11) is 0. The minimum atomic E-state index is -0.492. The molecule has 5 nitrogen and oxygen atoms in total. The zero-order valence-corrected chi connectivity index (χ0v) is 10.3. The highest BCUT2D eigenvalue weighted by atomic mass is 19.1. The summed E-state index contributed by atoms with van der Waals surface area (Å²) in [6.07, 6.45) is 4.28. The number of likely N-dealkylation sites (tertiary alicyclic amines) is 1. The maximum absolute atomic E-state index is 12.6. The predicted molar refractivity (Wildman–Crippen MR) is 62.5 cm³/mol. The Bertz CT molecular complexity index is 410. The zero-order valence-electron chi connectivity index (χ0n) is 10.3. The van der Waals surface area contributed by atoms with E-state index < -0.39 is 5.82 Å². The van der Waals surface area contributed by atoms with Crippen LogP contribution >= 0.6 is 0 Å². The van der Waals surface area contributed by atoms with Crippen molar-refractivity contribution < 1.29 is 13.9 Å². The van der Waals surface area contributed by atoms with Gasteiger partial charge in [0.2, 0.25) is 5.91 Å². The van der Waals surface area contributed by atoms with Crippen LogP contribution < -0.4 is 4.74 Å². The number of piperidine rings is 1. The third-order valence-electron chi connectivity index (χ3n) is 2.90. The van der Waals surface area contributed by atoms with Gasteiger partial charge in [-0.15, -0.1) is 0 Å². The molecule has 0 aromatic carbocycles. The molecule has 0 aliphatic carbocycles. The Morgan fingerprint density at radius 2 is 2.28 bits per heavy atom. The van der Waals surface area contributed by atoms with E-state index in [0.717, 1.165) is 31.8 Å². The molecule has 1 fully saturated rings. The molecule has 1 amide bonds. The number of carbonyl (C=O) groups is 1. The van der Waals surface area contributed by atoms with Gasteiger partial charge in [0.05, 0.1) is 18.9 Å². The lowest BCUT2D eigenvalue weighted by molar-refractivity contribution is -0.133. The first-order chi connectivity index (χ1) is 8.69. The third-order valence-corrected chi connectivity index (χ3v) is 2.90. The van der Waals surface area contributed by atoms with E-state index in [9.17, 15) is 9.18 Å². The minimum absolute atomic E-state index is 0.111. The molecule has 1 unspecified atom stereocenters. The van der Waals surface area contributed by atoms with Gasteiger partial charge in [-0.05, 0) is 12.8 Å². The molecule has 1 aliphatic rings. The van der Waals surface area contributed by atoms with Crippen LogP contribution in [0.2, 0.25) is 0 Å². The van der Waals surface area contributed by atoms with Gasteiger partial charge in [-0.25, -0.2) is 14.4 Å². The van der Waals surface area contributed by atoms with E-state index in [0.29, 0.717) is 13.0 Å². The van der Waals surface area contributed by atoms with Crippen molar-refractivity contribution in [2.75, 3.05) is 13.1 Å². The molecule has 1 aliphatic heterocycles. The second-order valence-electron chi connectivity index (χ2n) is 4.26. The van der Waals surface area contributed by atoms with E-state index in [1.54, 1.807) is 4.90 Å². The van der Waals surface area contributed by atoms with Gasteiger partial charge in [-0.2, -0.15) is 0 Å². The van der Waals surface area contributed by atoms with E-state index in [1.807, 2.05) is 6.92 Å². The number of amides is 1. The summed E-state index contributed by atoms with van der Waals surface area (Å²) in [6, 6.07) is 0.159. The van der Waals surface area contributed by atoms with Crippen molar-refractivity contribution >= 4 is 5.91 Å². The van der Waals surface area contributed by atoms with Gasteiger partial charge in [0, 0.05) is 13.0 Å². The summed E-state index contributed by atoms with van der Waals surface area (Å²) in [5.41, 5.74) is 0. The molecule has 0 spiro atoms. The van der Waals surface area contributed by atoms with Crippen LogP contribution in [0.25, 0.3) is 0 Å². The lowest BCUT2D eigenvalue weighted by Crippen LogP contribution is -2.44. The van der Waals surface area contributed by atoms with Crippen molar-refractivity contribution in [1.82, 2.24) is 14.9 Å². The van der Waals surface area contributed by atoms with Gasteiger partial charge >= 0.3 is 6.01 Å². The van der Waals surface area contributed by atoms with Crippen molar-refractivity contribution in [3.63, 3.8) is 0 Å². The van der Waals surface area contributed by atoms with Crippen molar-refractivity contribution in [2.45, 2.75) is 32.3 Å². The van der Waals surface area contributed by atoms with Crippen LogP contribution in [-0.4, -0.2) is 40.0 Å². The maximum atomic E-state index is 12.6. The van der Waals surface area contributed by atoms with Crippen molar-refractivity contribution in [1.29, 1.82) is 0 Å². The molecule has 1 saturated heterocycles. The fourth-order valence-corrected chi connectivity index (χ4v) is 1.99. The first kappa shape index (κ1) is 12.7. The normalized spacial score (nSPS) is 19.7. The predicted octanol–water partition coefficient (Wildman–Crippen LogP) is 1.40. The Morgan fingerprint density at radius 1 is 1.56 bits per heavy atom. The van der Waals surface area contributed by atoms with Gasteiger partial charge in [-0.3, -0.25) is 4.79 Å². The number of carbonyl (C=O) groups excluding carboxylic acids is 1. The summed E-state index contributed by atoms with van der Waals surface area (Å²) in [6.45, 7) is 3.17. The molecular formula is C12H16FN3O2. The second-order valence-corrected chi connectivity index (χ2v) is 4.26. The Balaban J connectivity index is 1.93. The monoisotopic (exact) mass is 253 g/mol. The number of hydrogen-bond acceptors (Lipinski definition) is 4. The zero-order chi connectivity index (χ0) is 13.0. The van der Waals surface area contributed by atoms with Crippen LogP contribution in [0.5, 0.6) is 6.01 Å². The average Bonchev–Trinajstić information content (AvgIpc) is 2.41. The second kappa shape index (κ2) is 5.75. The van der Waals surface area contributed by atoms with Gasteiger partial charge in [-0.1, -0.05) is 6.92 Å². The van der Waals surface area contributed by atoms with Crippen LogP contribution in [0.15, 0.2) is 12.4 Å². The number of hydrogen-bond donors (Lipinski definition) is 0. The Kier molecular flexibility index (Phi) is 4.07. The number of halogens is 1. The van der Waals surface area contributed by atoms with E-state index >= 15 is 0 Å². The molecular weight excluding hydrogens is 237 g/mol. The highest BCUT2D eigenvalue weighted by Gasteiger charge is 2.24. The summed E-state index contributed by atoms with van der Waals surface area (Å²) < 4.78 is 18.2. The maximum Gasteiger partial charge on any atom is 0.316 e. The summed E-state index contributed by atoms with van der Waals surface area (Å²) in [5.74, 6) is -0.364. The van der Waals surface area contributed by atoms with Crippen molar-refractivity contribution in [2.24, 2.45) is 0 Å². The van der Waals surface area contributed by atoms with E-state index in [2.05, 4.69) is 9.97 Å². The van der Waals surface area contributed by atoms with Crippen LogP contribution in [-0.2, 0) is 4.79 Å². The average molecular weight is 253 g/mol. The lowest BCUT2D eigenvalue weighted by atomic mass is 10.1. The van der Waals surface area contributed by atoms with E-state index in [-0.39, 0.29) is 18.0 Å². The quantitative estimate of drug-likeness (QED) is 0.817. The van der Waals surface area contributed by atoms with E-state index in [4.69, 9.17) is 4.74 Å². The lowest BCUT2D eigenvalue weighted by Gasteiger charge is -2.32. The molecule has 18 heavy (non-hydrogen) atoms. The molecule has 98 valence electrons. The first-order valence-corrected chi connectivity index (χ1v) is 6.11. The van der Waals surface area contributed by atoms with Crippen LogP contribution in [0.4, 0.5) is 4.39 Å². The number of ether oxygens (including phenoxy) is 1. The highest BCUT2D eigenvalue weighted by molar-refractivity contribution is 5.75. The fourth-order valence-electron chi connectivity index (χ4n) is 1.99. The van der Waals surface area contributed by atoms with Crippen LogP contribution in [0.1, 0.15) is 26.2 Å². The molecule has 0 saturated carbocycles. The molecule has 0 N–H and O–H groups in total. The molecule has 1 atom stereocenters. The van der Waals surface area contributed by atoms with Gasteiger partial charge in [0.15, 0.2) is 5.82 Å². The molecule has 0 bridgehead atoms. The Morgan fingerprint density at radius 3 is 2.94 bits per heavy atom. The van der Waals surface area contributed by atoms with Gasteiger partial charge in [0.25, 0.3) is 0 Å².